The maximum absolute atomic E-state index is 2.37. The minimum atomic E-state index is 0. The van der Waals surface area contributed by atoms with Crippen LogP contribution >= 0.6 is 23.7 Å². The predicted octanol–water partition coefficient (Wildman–Crippen LogP) is 2.98. The van der Waals surface area contributed by atoms with Gasteiger partial charge in [-0.2, -0.15) is 11.3 Å². The van der Waals surface area contributed by atoms with Crippen LogP contribution < -0.4 is 0 Å². The molecule has 0 fully saturated rings. The maximum atomic E-state index is 2.37. The molecule has 1 heterocycles. The molecule has 0 aromatic carbocycles. The van der Waals surface area contributed by atoms with Gasteiger partial charge in [0.2, 0.25) is 0 Å². The minimum Gasteiger partial charge on any atom is -0.304 e. The van der Waals surface area contributed by atoms with E-state index in [0.29, 0.717) is 5.54 Å². The van der Waals surface area contributed by atoms with Crippen molar-refractivity contribution in [1.29, 1.82) is 0 Å². The largest absolute Gasteiger partial charge is 0.304 e. The molecule has 0 radical (unpaired) electrons. The Morgan fingerprint density at radius 3 is 2.57 bits per heavy atom. The Kier molecular flexibility index (Phi) is 3.62. The molecule has 3 heteroatoms. The van der Waals surface area contributed by atoms with Crippen molar-refractivity contribution in [1.82, 2.24) is 4.90 Å². The first kappa shape index (κ1) is 12.0. The van der Waals surface area contributed by atoms with Gasteiger partial charge in [0, 0.05) is 5.54 Å². The van der Waals surface area contributed by atoms with Crippen molar-refractivity contribution in [3.8, 4) is 0 Å². The second kappa shape index (κ2) is 4.21. The quantitative estimate of drug-likeness (QED) is 0.719. The van der Waals surface area contributed by atoms with Crippen LogP contribution in [0.1, 0.15) is 24.5 Å². The fourth-order valence-electron chi connectivity index (χ4n) is 2.01. The Bertz CT molecular complexity index is 308. The SMILES string of the molecule is CN(C)C1(C)CCc2cscc2C1.Cl. The van der Waals surface area contributed by atoms with E-state index in [1.165, 1.54) is 19.3 Å². The van der Waals surface area contributed by atoms with E-state index in [1.54, 1.807) is 11.1 Å². The highest BCUT2D eigenvalue weighted by molar-refractivity contribution is 7.08. The summed E-state index contributed by atoms with van der Waals surface area (Å²) in [6.45, 7) is 2.37. The number of rotatable bonds is 1. The summed E-state index contributed by atoms with van der Waals surface area (Å²) in [5.74, 6) is 0. The zero-order chi connectivity index (χ0) is 9.47. The Hall–Kier alpha value is -0.0500. The third kappa shape index (κ3) is 1.97. The average Bonchev–Trinajstić information content (AvgIpc) is 2.50. The van der Waals surface area contributed by atoms with Gasteiger partial charge in [0.1, 0.15) is 0 Å². The smallest absolute Gasteiger partial charge is 0.0219 e. The Morgan fingerprint density at radius 1 is 1.29 bits per heavy atom. The zero-order valence-electron chi connectivity index (χ0n) is 9.04. The van der Waals surface area contributed by atoms with Crippen molar-refractivity contribution in [3.63, 3.8) is 0 Å². The Morgan fingerprint density at radius 2 is 1.93 bits per heavy atom. The fraction of sp³-hybridized carbons (Fsp3) is 0.636. The van der Waals surface area contributed by atoms with E-state index in [4.69, 9.17) is 0 Å². The molecule has 1 aliphatic rings. The standard InChI is InChI=1S/C11H17NS.ClH/c1-11(12(2)3)5-4-9-7-13-8-10(9)6-11;/h7-8H,4-6H2,1-3H3;1H. The predicted molar refractivity (Wildman–Crippen MR) is 65.7 cm³/mol. The topological polar surface area (TPSA) is 3.24 Å². The van der Waals surface area contributed by atoms with Crippen molar-refractivity contribution < 1.29 is 0 Å². The molecule has 0 N–H and O–H groups in total. The molecule has 0 bridgehead atoms. The summed E-state index contributed by atoms with van der Waals surface area (Å²) >= 11 is 1.85. The molecule has 0 amide bonds. The lowest BCUT2D eigenvalue weighted by Crippen LogP contribution is -2.45. The molecule has 2 rings (SSSR count). The Balaban J connectivity index is 0.000000980. The molecule has 80 valence electrons. The van der Waals surface area contributed by atoms with Crippen LogP contribution in [0.2, 0.25) is 0 Å². The van der Waals surface area contributed by atoms with Crippen molar-refractivity contribution in [3.05, 3.63) is 21.9 Å². The highest BCUT2D eigenvalue weighted by Crippen LogP contribution is 2.33. The first-order valence-corrected chi connectivity index (χ1v) is 5.77. The molecular formula is C11H18ClNS. The van der Waals surface area contributed by atoms with Gasteiger partial charge in [0.15, 0.2) is 0 Å². The monoisotopic (exact) mass is 231 g/mol. The summed E-state index contributed by atoms with van der Waals surface area (Å²) in [5, 5.41) is 4.63. The third-order valence-electron chi connectivity index (χ3n) is 3.42. The molecule has 1 aromatic rings. The lowest BCUT2D eigenvalue weighted by molar-refractivity contribution is 0.152. The fourth-order valence-corrected chi connectivity index (χ4v) is 2.91. The number of likely N-dealkylation sites (N-methyl/N-ethyl adjacent to an activating group) is 1. The number of aryl methyl sites for hydroxylation is 1. The lowest BCUT2D eigenvalue weighted by atomic mass is 9.80. The minimum absolute atomic E-state index is 0. The summed E-state index contributed by atoms with van der Waals surface area (Å²) in [4.78, 5) is 2.37. The molecule has 1 unspecified atom stereocenters. The van der Waals surface area contributed by atoms with Gasteiger partial charge in [-0.15, -0.1) is 12.4 Å². The first-order valence-electron chi connectivity index (χ1n) is 4.83. The number of fused-ring (bicyclic) bond motifs is 1. The van der Waals surface area contributed by atoms with Crippen molar-refractivity contribution in [2.45, 2.75) is 31.7 Å². The van der Waals surface area contributed by atoms with Gasteiger partial charge >= 0.3 is 0 Å². The number of thiophene rings is 1. The van der Waals surface area contributed by atoms with Crippen LogP contribution in [-0.2, 0) is 12.8 Å². The summed E-state index contributed by atoms with van der Waals surface area (Å²) in [6, 6.07) is 0. The molecule has 0 aliphatic heterocycles. The van der Waals surface area contributed by atoms with E-state index in [2.05, 4.69) is 36.7 Å². The highest BCUT2D eigenvalue weighted by atomic mass is 35.5. The highest BCUT2D eigenvalue weighted by Gasteiger charge is 2.31. The number of hydrogen-bond acceptors (Lipinski definition) is 2. The van der Waals surface area contributed by atoms with Gasteiger partial charge in [-0.05, 0) is 62.2 Å². The van der Waals surface area contributed by atoms with Crippen molar-refractivity contribution >= 4 is 23.7 Å². The van der Waals surface area contributed by atoms with Crippen LogP contribution in [0, 0.1) is 0 Å². The number of hydrogen-bond donors (Lipinski definition) is 0. The summed E-state index contributed by atoms with van der Waals surface area (Å²) in [7, 11) is 4.38. The van der Waals surface area contributed by atoms with Gasteiger partial charge in [-0.3, -0.25) is 0 Å². The second-order valence-electron chi connectivity index (χ2n) is 4.49. The van der Waals surface area contributed by atoms with Crippen LogP contribution in [-0.4, -0.2) is 24.5 Å². The summed E-state index contributed by atoms with van der Waals surface area (Å²) < 4.78 is 0. The van der Waals surface area contributed by atoms with E-state index >= 15 is 0 Å². The van der Waals surface area contributed by atoms with Crippen LogP contribution in [0.25, 0.3) is 0 Å². The lowest BCUT2D eigenvalue weighted by Gasteiger charge is -2.39. The molecule has 1 nitrogen and oxygen atoms in total. The number of nitrogens with zero attached hydrogens (tertiary/aromatic N) is 1. The maximum Gasteiger partial charge on any atom is 0.0219 e. The summed E-state index contributed by atoms with van der Waals surface area (Å²) in [6.07, 6.45) is 3.77. The Labute approximate surface area is 96.5 Å². The molecule has 0 saturated heterocycles. The molecule has 0 spiro atoms. The van der Waals surface area contributed by atoms with Crippen LogP contribution in [0.4, 0.5) is 0 Å². The van der Waals surface area contributed by atoms with Crippen molar-refractivity contribution in [2.75, 3.05) is 14.1 Å². The average molecular weight is 232 g/mol. The van der Waals surface area contributed by atoms with E-state index < -0.39 is 0 Å². The molecule has 0 saturated carbocycles. The van der Waals surface area contributed by atoms with Gasteiger partial charge in [-0.25, -0.2) is 0 Å². The van der Waals surface area contributed by atoms with E-state index in [1.807, 2.05) is 11.3 Å². The second-order valence-corrected chi connectivity index (χ2v) is 5.23. The van der Waals surface area contributed by atoms with Crippen LogP contribution in [0.15, 0.2) is 10.8 Å². The van der Waals surface area contributed by atoms with Crippen LogP contribution in [0.5, 0.6) is 0 Å². The normalized spacial score (nSPS) is 25.7. The molecular weight excluding hydrogens is 214 g/mol. The molecule has 14 heavy (non-hydrogen) atoms. The first-order chi connectivity index (χ1) is 6.12. The molecule has 1 aromatic heterocycles. The molecule has 1 aliphatic carbocycles. The van der Waals surface area contributed by atoms with Crippen LogP contribution in [0.3, 0.4) is 0 Å². The van der Waals surface area contributed by atoms with Gasteiger partial charge in [0.25, 0.3) is 0 Å². The van der Waals surface area contributed by atoms with Gasteiger partial charge in [-0.1, -0.05) is 0 Å². The third-order valence-corrected chi connectivity index (χ3v) is 4.26. The molecule has 1 atom stereocenters. The van der Waals surface area contributed by atoms with Crippen molar-refractivity contribution in [2.24, 2.45) is 0 Å². The van der Waals surface area contributed by atoms with E-state index in [9.17, 15) is 0 Å². The van der Waals surface area contributed by atoms with Gasteiger partial charge < -0.3 is 4.90 Å². The van der Waals surface area contributed by atoms with E-state index in [-0.39, 0.29) is 12.4 Å². The van der Waals surface area contributed by atoms with Gasteiger partial charge in [0.05, 0.1) is 0 Å². The summed E-state index contributed by atoms with van der Waals surface area (Å²) in [5.41, 5.74) is 3.55. The van der Waals surface area contributed by atoms with E-state index in [0.717, 1.165) is 0 Å². The zero-order valence-corrected chi connectivity index (χ0v) is 10.7. The number of halogens is 1.